The summed E-state index contributed by atoms with van der Waals surface area (Å²) >= 11 is 1.75. The molecule has 0 aromatic heterocycles. The zero-order chi connectivity index (χ0) is 13.5. The Labute approximate surface area is 119 Å². The zero-order valence-electron chi connectivity index (χ0n) is 11.3. The molecule has 0 heterocycles. The summed E-state index contributed by atoms with van der Waals surface area (Å²) in [6.07, 6.45) is 2.09. The SMILES string of the molecule is CSc1ccccc1NCCOc1ccc(C)cc1. The third-order valence-electron chi connectivity index (χ3n) is 2.81. The lowest BCUT2D eigenvalue weighted by molar-refractivity contribution is 0.333. The molecule has 0 aliphatic carbocycles. The van der Waals surface area contributed by atoms with Crippen molar-refractivity contribution < 1.29 is 4.74 Å². The molecule has 0 fully saturated rings. The van der Waals surface area contributed by atoms with Gasteiger partial charge < -0.3 is 10.1 Å². The minimum Gasteiger partial charge on any atom is -0.492 e. The first kappa shape index (κ1) is 13.8. The molecule has 0 amide bonds. The summed E-state index contributed by atoms with van der Waals surface area (Å²) in [7, 11) is 0. The van der Waals surface area contributed by atoms with Crippen LogP contribution in [0.4, 0.5) is 5.69 Å². The third-order valence-corrected chi connectivity index (χ3v) is 3.61. The Kier molecular flexibility index (Phi) is 5.16. The second-order valence-electron chi connectivity index (χ2n) is 4.29. The topological polar surface area (TPSA) is 21.3 Å². The van der Waals surface area contributed by atoms with Gasteiger partial charge in [0.15, 0.2) is 0 Å². The Bertz CT molecular complexity index is 510. The molecule has 100 valence electrons. The van der Waals surface area contributed by atoms with Gasteiger partial charge >= 0.3 is 0 Å². The Morgan fingerprint density at radius 1 is 1.05 bits per heavy atom. The summed E-state index contributed by atoms with van der Waals surface area (Å²) in [4.78, 5) is 1.26. The van der Waals surface area contributed by atoms with Crippen LogP contribution < -0.4 is 10.1 Å². The summed E-state index contributed by atoms with van der Waals surface area (Å²) in [5, 5.41) is 3.40. The van der Waals surface area contributed by atoms with Crippen molar-refractivity contribution in [3.8, 4) is 5.75 Å². The van der Waals surface area contributed by atoms with E-state index in [0.29, 0.717) is 6.61 Å². The number of benzene rings is 2. The number of anilines is 1. The van der Waals surface area contributed by atoms with Crippen molar-refractivity contribution in [1.29, 1.82) is 0 Å². The van der Waals surface area contributed by atoms with Crippen LogP contribution in [0, 0.1) is 6.92 Å². The van der Waals surface area contributed by atoms with Gasteiger partial charge in [-0.25, -0.2) is 0 Å². The van der Waals surface area contributed by atoms with Gasteiger partial charge in [0.25, 0.3) is 0 Å². The van der Waals surface area contributed by atoms with E-state index in [0.717, 1.165) is 12.3 Å². The summed E-state index contributed by atoms with van der Waals surface area (Å²) in [6.45, 7) is 3.53. The van der Waals surface area contributed by atoms with E-state index in [1.54, 1.807) is 11.8 Å². The van der Waals surface area contributed by atoms with E-state index in [-0.39, 0.29) is 0 Å². The number of ether oxygens (including phenoxy) is 1. The minimum atomic E-state index is 0.659. The molecular formula is C16H19NOS. The van der Waals surface area contributed by atoms with E-state index in [2.05, 4.69) is 48.8 Å². The number of hydrogen-bond donors (Lipinski definition) is 1. The van der Waals surface area contributed by atoms with Gasteiger partial charge in [0.05, 0.1) is 0 Å². The highest BCUT2D eigenvalue weighted by molar-refractivity contribution is 7.98. The first-order chi connectivity index (χ1) is 9.29. The first-order valence-electron chi connectivity index (χ1n) is 6.36. The smallest absolute Gasteiger partial charge is 0.119 e. The fraction of sp³-hybridized carbons (Fsp3) is 0.250. The molecule has 3 heteroatoms. The second kappa shape index (κ2) is 7.10. The highest BCUT2D eigenvalue weighted by Crippen LogP contribution is 2.24. The maximum Gasteiger partial charge on any atom is 0.119 e. The Morgan fingerprint density at radius 3 is 2.53 bits per heavy atom. The molecule has 19 heavy (non-hydrogen) atoms. The van der Waals surface area contributed by atoms with Crippen molar-refractivity contribution in [3.63, 3.8) is 0 Å². The summed E-state index contributed by atoms with van der Waals surface area (Å²) in [5.74, 6) is 0.922. The molecule has 0 saturated heterocycles. The molecule has 0 radical (unpaired) electrons. The lowest BCUT2D eigenvalue weighted by atomic mass is 10.2. The van der Waals surface area contributed by atoms with Gasteiger partial charge in [-0.05, 0) is 37.4 Å². The number of nitrogens with one attached hydrogen (secondary N) is 1. The zero-order valence-corrected chi connectivity index (χ0v) is 12.2. The van der Waals surface area contributed by atoms with Crippen LogP contribution in [0.2, 0.25) is 0 Å². The molecule has 0 aliphatic heterocycles. The van der Waals surface area contributed by atoms with E-state index < -0.39 is 0 Å². The first-order valence-corrected chi connectivity index (χ1v) is 7.58. The normalized spacial score (nSPS) is 10.2. The van der Waals surface area contributed by atoms with Crippen LogP contribution in [0.3, 0.4) is 0 Å². The van der Waals surface area contributed by atoms with E-state index in [9.17, 15) is 0 Å². The lowest BCUT2D eigenvalue weighted by Crippen LogP contribution is -2.11. The number of rotatable bonds is 6. The van der Waals surface area contributed by atoms with E-state index in [1.807, 2.05) is 18.2 Å². The average Bonchev–Trinajstić information content (AvgIpc) is 2.46. The Balaban J connectivity index is 1.79. The van der Waals surface area contributed by atoms with Crippen molar-refractivity contribution in [3.05, 3.63) is 54.1 Å². The van der Waals surface area contributed by atoms with Gasteiger partial charge in [-0.3, -0.25) is 0 Å². The standard InChI is InChI=1S/C16H19NOS/c1-13-7-9-14(10-8-13)18-12-11-17-15-5-3-4-6-16(15)19-2/h3-10,17H,11-12H2,1-2H3. The van der Waals surface area contributed by atoms with Crippen molar-refractivity contribution in [2.45, 2.75) is 11.8 Å². The molecule has 0 aliphatic rings. The van der Waals surface area contributed by atoms with Gasteiger partial charge in [0.1, 0.15) is 12.4 Å². The molecule has 0 unspecified atom stereocenters. The van der Waals surface area contributed by atoms with Crippen molar-refractivity contribution in [2.75, 3.05) is 24.7 Å². The maximum absolute atomic E-state index is 5.69. The fourth-order valence-electron chi connectivity index (χ4n) is 1.78. The molecule has 0 bridgehead atoms. The maximum atomic E-state index is 5.69. The molecule has 2 rings (SSSR count). The summed E-state index contributed by atoms with van der Waals surface area (Å²) in [5.41, 5.74) is 2.42. The molecule has 0 saturated carbocycles. The molecular weight excluding hydrogens is 254 g/mol. The predicted octanol–water partition coefficient (Wildman–Crippen LogP) is 4.21. The quantitative estimate of drug-likeness (QED) is 0.629. The van der Waals surface area contributed by atoms with Crippen molar-refractivity contribution >= 4 is 17.4 Å². The number of thioether (sulfide) groups is 1. The van der Waals surface area contributed by atoms with Crippen LogP contribution >= 0.6 is 11.8 Å². The fourth-order valence-corrected chi connectivity index (χ4v) is 2.35. The molecule has 0 spiro atoms. The van der Waals surface area contributed by atoms with Crippen LogP contribution in [-0.4, -0.2) is 19.4 Å². The third kappa shape index (κ3) is 4.21. The van der Waals surface area contributed by atoms with E-state index in [1.165, 1.54) is 16.1 Å². The van der Waals surface area contributed by atoms with Crippen LogP contribution in [-0.2, 0) is 0 Å². The van der Waals surface area contributed by atoms with Crippen LogP contribution in [0.5, 0.6) is 5.75 Å². The summed E-state index contributed by atoms with van der Waals surface area (Å²) in [6, 6.07) is 16.4. The molecule has 0 atom stereocenters. The molecule has 2 aromatic carbocycles. The van der Waals surface area contributed by atoms with Gasteiger partial charge in [0.2, 0.25) is 0 Å². The van der Waals surface area contributed by atoms with Crippen LogP contribution in [0.1, 0.15) is 5.56 Å². The second-order valence-corrected chi connectivity index (χ2v) is 5.14. The Hall–Kier alpha value is -1.61. The Morgan fingerprint density at radius 2 is 1.79 bits per heavy atom. The molecule has 2 nitrogen and oxygen atoms in total. The van der Waals surface area contributed by atoms with Gasteiger partial charge in [0, 0.05) is 17.1 Å². The monoisotopic (exact) mass is 273 g/mol. The minimum absolute atomic E-state index is 0.659. The largest absolute Gasteiger partial charge is 0.492 e. The van der Waals surface area contributed by atoms with Gasteiger partial charge in [-0.1, -0.05) is 29.8 Å². The van der Waals surface area contributed by atoms with Crippen molar-refractivity contribution in [2.24, 2.45) is 0 Å². The molecule has 1 N–H and O–H groups in total. The van der Waals surface area contributed by atoms with Crippen molar-refractivity contribution in [1.82, 2.24) is 0 Å². The lowest BCUT2D eigenvalue weighted by Gasteiger charge is -2.11. The van der Waals surface area contributed by atoms with E-state index >= 15 is 0 Å². The highest BCUT2D eigenvalue weighted by Gasteiger charge is 1.99. The van der Waals surface area contributed by atoms with Crippen LogP contribution in [0.15, 0.2) is 53.4 Å². The van der Waals surface area contributed by atoms with Gasteiger partial charge in [-0.15, -0.1) is 11.8 Å². The van der Waals surface area contributed by atoms with E-state index in [4.69, 9.17) is 4.74 Å². The predicted molar refractivity (Wildman–Crippen MR) is 83.4 cm³/mol. The molecule has 2 aromatic rings. The number of hydrogen-bond acceptors (Lipinski definition) is 3. The van der Waals surface area contributed by atoms with Gasteiger partial charge in [-0.2, -0.15) is 0 Å². The number of para-hydroxylation sites is 1. The van der Waals surface area contributed by atoms with Crippen LogP contribution in [0.25, 0.3) is 0 Å². The number of aryl methyl sites for hydroxylation is 1. The highest BCUT2D eigenvalue weighted by atomic mass is 32.2. The summed E-state index contributed by atoms with van der Waals surface area (Å²) < 4.78 is 5.69. The average molecular weight is 273 g/mol.